The molecule has 7 heteroatoms. The molecule has 1 N–H and O–H groups in total. The predicted octanol–water partition coefficient (Wildman–Crippen LogP) is 2.06. The molecule has 20 heavy (non-hydrogen) atoms. The molecule has 2 aromatic heterocycles. The van der Waals surface area contributed by atoms with E-state index in [0.717, 1.165) is 16.9 Å². The zero-order valence-electron chi connectivity index (χ0n) is 10.8. The summed E-state index contributed by atoms with van der Waals surface area (Å²) >= 11 is 1.51. The molecular formula is C13H13N3O2S2. The molecule has 0 amide bonds. The number of nitrogens with zero attached hydrogens (tertiary/aromatic N) is 2. The highest BCUT2D eigenvalue weighted by Crippen LogP contribution is 2.18. The number of rotatable bonds is 5. The molecule has 0 atom stereocenters. The fourth-order valence-corrected chi connectivity index (χ4v) is 3.87. The molecule has 2 rings (SSSR count). The molecule has 0 aliphatic heterocycles. The molecular weight excluding hydrogens is 294 g/mol. The van der Waals surface area contributed by atoms with E-state index in [1.807, 2.05) is 18.4 Å². The van der Waals surface area contributed by atoms with Gasteiger partial charge in [-0.25, -0.2) is 18.1 Å². The zero-order valence-corrected chi connectivity index (χ0v) is 12.5. The van der Waals surface area contributed by atoms with Gasteiger partial charge in [-0.05, 0) is 35.6 Å². The van der Waals surface area contributed by atoms with Crippen molar-refractivity contribution in [2.24, 2.45) is 0 Å². The number of pyridine rings is 1. The van der Waals surface area contributed by atoms with E-state index < -0.39 is 10.0 Å². The number of aromatic nitrogens is 1. The van der Waals surface area contributed by atoms with Crippen LogP contribution in [0.5, 0.6) is 0 Å². The number of nitrogens with one attached hydrogen (secondary N) is 1. The van der Waals surface area contributed by atoms with Crippen LogP contribution in [0.1, 0.15) is 23.1 Å². The van der Waals surface area contributed by atoms with Crippen molar-refractivity contribution >= 4 is 21.4 Å². The van der Waals surface area contributed by atoms with Gasteiger partial charge >= 0.3 is 0 Å². The van der Waals surface area contributed by atoms with E-state index in [9.17, 15) is 8.42 Å². The Hall–Kier alpha value is -1.75. The lowest BCUT2D eigenvalue weighted by Crippen LogP contribution is -2.24. The van der Waals surface area contributed by atoms with E-state index in [4.69, 9.17) is 5.26 Å². The number of thiophene rings is 1. The first kappa shape index (κ1) is 14.7. The van der Waals surface area contributed by atoms with E-state index in [-0.39, 0.29) is 17.1 Å². The van der Waals surface area contributed by atoms with Crippen molar-refractivity contribution in [1.29, 1.82) is 5.26 Å². The van der Waals surface area contributed by atoms with Gasteiger partial charge in [-0.1, -0.05) is 6.92 Å². The van der Waals surface area contributed by atoms with E-state index in [1.165, 1.54) is 29.7 Å². The summed E-state index contributed by atoms with van der Waals surface area (Å²) in [5.41, 5.74) is 1.03. The van der Waals surface area contributed by atoms with Gasteiger partial charge < -0.3 is 0 Å². The van der Waals surface area contributed by atoms with E-state index in [2.05, 4.69) is 9.71 Å². The summed E-state index contributed by atoms with van der Waals surface area (Å²) in [5.74, 6) is 0. The topological polar surface area (TPSA) is 82.8 Å². The molecule has 0 saturated carbocycles. The molecule has 2 aromatic rings. The van der Waals surface area contributed by atoms with Crippen molar-refractivity contribution < 1.29 is 8.42 Å². The van der Waals surface area contributed by atoms with Crippen LogP contribution in [0.4, 0.5) is 0 Å². The van der Waals surface area contributed by atoms with E-state index in [1.54, 1.807) is 6.07 Å². The van der Waals surface area contributed by atoms with Crippen LogP contribution in [0.15, 0.2) is 34.7 Å². The Bertz CT molecular complexity index is 745. The average molecular weight is 307 g/mol. The molecule has 0 bridgehead atoms. The van der Waals surface area contributed by atoms with Gasteiger partial charge in [0.25, 0.3) is 0 Å². The summed E-state index contributed by atoms with van der Waals surface area (Å²) in [6.45, 7) is 2.25. The Kier molecular flexibility index (Phi) is 4.49. The number of sulfonamides is 1. The first-order valence-corrected chi connectivity index (χ1v) is 8.34. The largest absolute Gasteiger partial charge is 0.244 e. The molecule has 0 spiro atoms. The minimum Gasteiger partial charge on any atom is -0.244 e. The lowest BCUT2D eigenvalue weighted by atomic mass is 10.2. The summed E-state index contributed by atoms with van der Waals surface area (Å²) in [5, 5.41) is 10.9. The van der Waals surface area contributed by atoms with Gasteiger partial charge in [-0.2, -0.15) is 5.26 Å². The van der Waals surface area contributed by atoms with Crippen LogP contribution in [0.3, 0.4) is 0 Å². The van der Waals surface area contributed by atoms with Crippen LogP contribution in [0, 0.1) is 11.3 Å². The van der Waals surface area contributed by atoms with Crippen LogP contribution in [-0.4, -0.2) is 13.4 Å². The van der Waals surface area contributed by atoms with Crippen molar-refractivity contribution in [3.63, 3.8) is 0 Å². The quantitative estimate of drug-likeness (QED) is 0.916. The highest BCUT2D eigenvalue weighted by Gasteiger charge is 2.19. The van der Waals surface area contributed by atoms with Crippen LogP contribution in [-0.2, 0) is 23.0 Å². The van der Waals surface area contributed by atoms with Gasteiger partial charge in [-0.15, -0.1) is 11.3 Å². The molecule has 0 aromatic carbocycles. The Morgan fingerprint density at radius 3 is 2.95 bits per heavy atom. The zero-order chi connectivity index (χ0) is 14.6. The standard InChI is InChI=1S/C13H13N3O2S2/c1-2-10-5-7-19-12(10)9-16-20(17,18)13-4-3-6-15-11(13)8-14/h3-7,16H,2,9H2,1H3. The lowest BCUT2D eigenvalue weighted by Gasteiger charge is -2.07. The molecule has 0 unspecified atom stereocenters. The fourth-order valence-electron chi connectivity index (χ4n) is 1.77. The predicted molar refractivity (Wildman–Crippen MR) is 76.7 cm³/mol. The van der Waals surface area contributed by atoms with Crippen molar-refractivity contribution in [3.8, 4) is 6.07 Å². The molecule has 0 aliphatic rings. The van der Waals surface area contributed by atoms with Gasteiger partial charge in [0.15, 0.2) is 5.69 Å². The Labute approximate surface area is 122 Å². The number of hydrogen-bond donors (Lipinski definition) is 1. The van der Waals surface area contributed by atoms with Crippen LogP contribution < -0.4 is 4.72 Å². The Morgan fingerprint density at radius 2 is 2.25 bits per heavy atom. The normalized spacial score (nSPS) is 11.2. The van der Waals surface area contributed by atoms with Gasteiger partial charge in [0.2, 0.25) is 10.0 Å². The van der Waals surface area contributed by atoms with Gasteiger partial charge in [0.05, 0.1) is 0 Å². The molecule has 0 fully saturated rings. The van der Waals surface area contributed by atoms with Crippen molar-refractivity contribution in [3.05, 3.63) is 45.9 Å². The Balaban J connectivity index is 2.22. The number of hydrogen-bond acceptors (Lipinski definition) is 5. The first-order chi connectivity index (χ1) is 9.58. The molecule has 2 heterocycles. The van der Waals surface area contributed by atoms with Crippen molar-refractivity contribution in [2.75, 3.05) is 0 Å². The van der Waals surface area contributed by atoms with Crippen LogP contribution >= 0.6 is 11.3 Å². The minimum absolute atomic E-state index is 0.0860. The number of aryl methyl sites for hydroxylation is 1. The van der Waals surface area contributed by atoms with E-state index in [0.29, 0.717) is 0 Å². The second-order valence-electron chi connectivity index (χ2n) is 4.01. The molecule has 5 nitrogen and oxygen atoms in total. The van der Waals surface area contributed by atoms with Gasteiger partial charge in [0.1, 0.15) is 11.0 Å². The summed E-state index contributed by atoms with van der Waals surface area (Å²) in [6, 6.07) is 6.65. The summed E-state index contributed by atoms with van der Waals surface area (Å²) in [6.07, 6.45) is 2.25. The summed E-state index contributed by atoms with van der Waals surface area (Å²) in [7, 11) is -3.73. The average Bonchev–Trinajstić information content (AvgIpc) is 2.92. The SMILES string of the molecule is CCc1ccsc1CNS(=O)(=O)c1cccnc1C#N. The third kappa shape index (κ3) is 3.04. The minimum atomic E-state index is -3.73. The third-order valence-electron chi connectivity index (χ3n) is 2.81. The van der Waals surface area contributed by atoms with Crippen LogP contribution in [0.2, 0.25) is 0 Å². The monoisotopic (exact) mass is 307 g/mol. The van der Waals surface area contributed by atoms with Crippen molar-refractivity contribution in [2.45, 2.75) is 24.8 Å². The van der Waals surface area contributed by atoms with Crippen molar-refractivity contribution in [1.82, 2.24) is 9.71 Å². The third-order valence-corrected chi connectivity index (χ3v) is 5.20. The van der Waals surface area contributed by atoms with E-state index >= 15 is 0 Å². The molecule has 104 valence electrons. The summed E-state index contributed by atoms with van der Waals surface area (Å²) < 4.78 is 26.9. The lowest BCUT2D eigenvalue weighted by molar-refractivity contribution is 0.581. The second kappa shape index (κ2) is 6.13. The maximum atomic E-state index is 12.2. The maximum Gasteiger partial charge on any atom is 0.243 e. The molecule has 0 aliphatic carbocycles. The Morgan fingerprint density at radius 1 is 1.45 bits per heavy atom. The highest BCUT2D eigenvalue weighted by atomic mass is 32.2. The summed E-state index contributed by atoms with van der Waals surface area (Å²) in [4.78, 5) is 4.66. The van der Waals surface area contributed by atoms with Crippen LogP contribution in [0.25, 0.3) is 0 Å². The van der Waals surface area contributed by atoms with Gasteiger partial charge in [0, 0.05) is 17.6 Å². The number of nitriles is 1. The molecule has 0 saturated heterocycles. The highest BCUT2D eigenvalue weighted by molar-refractivity contribution is 7.89. The molecule has 0 radical (unpaired) electrons. The first-order valence-electron chi connectivity index (χ1n) is 5.98. The smallest absolute Gasteiger partial charge is 0.243 e. The maximum absolute atomic E-state index is 12.2. The fraction of sp³-hybridized carbons (Fsp3) is 0.231. The van der Waals surface area contributed by atoms with Gasteiger partial charge in [-0.3, -0.25) is 0 Å². The second-order valence-corrected chi connectivity index (χ2v) is 6.75.